The Morgan fingerprint density at radius 3 is 2.87 bits per heavy atom. The second-order valence-electron chi connectivity index (χ2n) is 4.96. The highest BCUT2D eigenvalue weighted by molar-refractivity contribution is 7.13. The van der Waals surface area contributed by atoms with E-state index in [4.69, 9.17) is 0 Å². The molecule has 0 aliphatic carbocycles. The molecule has 0 unspecified atom stereocenters. The van der Waals surface area contributed by atoms with Crippen LogP contribution in [0.4, 0.5) is 5.82 Å². The lowest BCUT2D eigenvalue weighted by atomic mass is 10.2. The van der Waals surface area contributed by atoms with Crippen molar-refractivity contribution in [1.82, 2.24) is 15.0 Å². The number of benzene rings is 1. The minimum Gasteiger partial charge on any atom is -0.345 e. The number of aromatic nitrogens is 3. The van der Waals surface area contributed by atoms with Crippen LogP contribution in [0.2, 0.25) is 0 Å². The van der Waals surface area contributed by atoms with E-state index < -0.39 is 0 Å². The van der Waals surface area contributed by atoms with Crippen LogP contribution in [0.25, 0.3) is 21.6 Å². The number of pyridine rings is 1. The Balaban J connectivity index is 1.61. The van der Waals surface area contributed by atoms with Crippen molar-refractivity contribution in [3.8, 4) is 10.6 Å². The SMILES string of the molecule is O=C(Nc1csc(-c2c[nH]c3ncccc23)n1)c1ccccc1. The van der Waals surface area contributed by atoms with Crippen LogP contribution < -0.4 is 5.32 Å². The first-order chi connectivity index (χ1) is 11.3. The quantitative estimate of drug-likeness (QED) is 0.600. The highest BCUT2D eigenvalue weighted by Gasteiger charge is 2.12. The molecule has 1 aromatic carbocycles. The van der Waals surface area contributed by atoms with Crippen molar-refractivity contribution in [1.29, 1.82) is 0 Å². The number of carbonyl (C=O) groups is 1. The number of nitrogens with zero attached hydrogens (tertiary/aromatic N) is 2. The van der Waals surface area contributed by atoms with E-state index in [0.717, 1.165) is 21.6 Å². The van der Waals surface area contributed by atoms with Gasteiger partial charge in [-0.1, -0.05) is 18.2 Å². The first-order valence-electron chi connectivity index (χ1n) is 7.06. The van der Waals surface area contributed by atoms with Gasteiger partial charge >= 0.3 is 0 Å². The third kappa shape index (κ3) is 2.60. The Morgan fingerprint density at radius 1 is 1.13 bits per heavy atom. The molecule has 0 aliphatic rings. The van der Waals surface area contributed by atoms with Crippen LogP contribution in [0, 0.1) is 0 Å². The fraction of sp³-hybridized carbons (Fsp3) is 0. The van der Waals surface area contributed by atoms with Gasteiger partial charge in [0.15, 0.2) is 0 Å². The molecule has 0 spiro atoms. The molecule has 5 nitrogen and oxygen atoms in total. The molecule has 3 aromatic heterocycles. The number of hydrogen-bond acceptors (Lipinski definition) is 4. The standard InChI is InChI=1S/C17H12N4OS/c22-16(11-5-2-1-3-6-11)20-14-10-23-17(21-14)13-9-19-15-12(13)7-4-8-18-15/h1-10H,(H,18,19)(H,20,22). The minimum absolute atomic E-state index is 0.164. The lowest BCUT2D eigenvalue weighted by Gasteiger charge is -2.01. The molecule has 0 aliphatic heterocycles. The number of thiazole rings is 1. The van der Waals surface area contributed by atoms with E-state index in [1.54, 1.807) is 18.3 Å². The van der Waals surface area contributed by atoms with Gasteiger partial charge in [-0.05, 0) is 24.3 Å². The zero-order valence-corrected chi connectivity index (χ0v) is 12.8. The van der Waals surface area contributed by atoms with E-state index in [9.17, 15) is 4.79 Å². The Kier molecular flexibility index (Phi) is 3.36. The maximum Gasteiger partial charge on any atom is 0.256 e. The first-order valence-corrected chi connectivity index (χ1v) is 7.93. The van der Waals surface area contributed by atoms with Gasteiger partial charge in [-0.3, -0.25) is 4.79 Å². The van der Waals surface area contributed by atoms with Crippen LogP contribution >= 0.6 is 11.3 Å². The fourth-order valence-corrected chi connectivity index (χ4v) is 3.15. The van der Waals surface area contributed by atoms with Crippen molar-refractivity contribution < 1.29 is 4.79 Å². The summed E-state index contributed by atoms with van der Waals surface area (Å²) in [7, 11) is 0. The first kappa shape index (κ1) is 13.7. The Morgan fingerprint density at radius 2 is 2.00 bits per heavy atom. The Labute approximate surface area is 136 Å². The van der Waals surface area contributed by atoms with Gasteiger partial charge in [0.25, 0.3) is 5.91 Å². The average Bonchev–Trinajstić information content (AvgIpc) is 3.22. The minimum atomic E-state index is -0.164. The van der Waals surface area contributed by atoms with Gasteiger partial charge in [0.05, 0.1) is 0 Å². The Bertz CT molecular complexity index is 974. The number of rotatable bonds is 3. The van der Waals surface area contributed by atoms with Crippen LogP contribution in [0.5, 0.6) is 0 Å². The van der Waals surface area contributed by atoms with Crippen LogP contribution in [-0.2, 0) is 0 Å². The predicted octanol–water partition coefficient (Wildman–Crippen LogP) is 3.94. The number of aromatic amines is 1. The van der Waals surface area contributed by atoms with E-state index in [1.807, 2.05) is 41.9 Å². The highest BCUT2D eigenvalue weighted by atomic mass is 32.1. The molecule has 1 amide bonds. The van der Waals surface area contributed by atoms with Crippen molar-refractivity contribution >= 4 is 34.1 Å². The smallest absolute Gasteiger partial charge is 0.256 e. The molecule has 4 rings (SSSR count). The molecular formula is C17H12N4OS. The molecular weight excluding hydrogens is 308 g/mol. The van der Waals surface area contributed by atoms with E-state index in [1.165, 1.54) is 11.3 Å². The van der Waals surface area contributed by atoms with Crippen molar-refractivity contribution in [3.05, 3.63) is 65.8 Å². The summed E-state index contributed by atoms with van der Waals surface area (Å²) in [6.07, 6.45) is 3.63. The third-order valence-corrected chi connectivity index (χ3v) is 4.34. The van der Waals surface area contributed by atoms with Gasteiger partial charge < -0.3 is 10.3 Å². The van der Waals surface area contributed by atoms with Gasteiger partial charge in [-0.2, -0.15) is 0 Å². The van der Waals surface area contributed by atoms with E-state index >= 15 is 0 Å². The van der Waals surface area contributed by atoms with E-state index in [-0.39, 0.29) is 5.91 Å². The number of amides is 1. The van der Waals surface area contributed by atoms with Crippen molar-refractivity contribution in [3.63, 3.8) is 0 Å². The van der Waals surface area contributed by atoms with Gasteiger partial charge in [0.2, 0.25) is 0 Å². The molecule has 0 radical (unpaired) electrons. The largest absolute Gasteiger partial charge is 0.345 e. The summed E-state index contributed by atoms with van der Waals surface area (Å²) in [5.41, 5.74) is 2.42. The monoisotopic (exact) mass is 320 g/mol. The number of hydrogen-bond donors (Lipinski definition) is 2. The number of anilines is 1. The molecule has 112 valence electrons. The summed E-state index contributed by atoms with van der Waals surface area (Å²) < 4.78 is 0. The van der Waals surface area contributed by atoms with Crippen LogP contribution in [0.15, 0.2) is 60.2 Å². The number of nitrogens with one attached hydrogen (secondary N) is 2. The van der Waals surface area contributed by atoms with Crippen LogP contribution in [0.3, 0.4) is 0 Å². The second-order valence-corrected chi connectivity index (χ2v) is 5.82. The summed E-state index contributed by atoms with van der Waals surface area (Å²) in [5, 5.41) is 6.52. The zero-order valence-electron chi connectivity index (χ0n) is 12.0. The molecule has 0 atom stereocenters. The molecule has 6 heteroatoms. The maximum atomic E-state index is 12.2. The Hall–Kier alpha value is -2.99. The lowest BCUT2D eigenvalue weighted by Crippen LogP contribution is -2.11. The summed E-state index contributed by atoms with van der Waals surface area (Å²) in [4.78, 5) is 24.1. The average molecular weight is 320 g/mol. The molecule has 0 saturated carbocycles. The van der Waals surface area contributed by atoms with Crippen LogP contribution in [-0.4, -0.2) is 20.9 Å². The van der Waals surface area contributed by atoms with E-state index in [0.29, 0.717) is 11.4 Å². The van der Waals surface area contributed by atoms with Gasteiger partial charge in [0.1, 0.15) is 16.5 Å². The fourth-order valence-electron chi connectivity index (χ4n) is 2.37. The van der Waals surface area contributed by atoms with Gasteiger partial charge in [-0.15, -0.1) is 11.3 Å². The summed E-state index contributed by atoms with van der Waals surface area (Å²) in [6.45, 7) is 0. The van der Waals surface area contributed by atoms with Crippen LogP contribution in [0.1, 0.15) is 10.4 Å². The summed E-state index contributed by atoms with van der Waals surface area (Å²) >= 11 is 1.49. The summed E-state index contributed by atoms with van der Waals surface area (Å²) in [6, 6.07) is 13.0. The number of carbonyl (C=O) groups excluding carboxylic acids is 1. The zero-order chi connectivity index (χ0) is 15.6. The van der Waals surface area contributed by atoms with Crippen molar-refractivity contribution in [2.24, 2.45) is 0 Å². The second kappa shape index (κ2) is 5.66. The normalized spacial score (nSPS) is 10.8. The van der Waals surface area contributed by atoms with Crippen molar-refractivity contribution in [2.45, 2.75) is 0 Å². The number of fused-ring (bicyclic) bond motifs is 1. The van der Waals surface area contributed by atoms with Crippen molar-refractivity contribution in [2.75, 3.05) is 5.32 Å². The predicted molar refractivity (Wildman–Crippen MR) is 91.6 cm³/mol. The molecule has 3 heterocycles. The molecule has 0 bridgehead atoms. The summed E-state index contributed by atoms with van der Waals surface area (Å²) in [5.74, 6) is 0.389. The molecule has 23 heavy (non-hydrogen) atoms. The van der Waals surface area contributed by atoms with Gasteiger partial charge in [0, 0.05) is 34.3 Å². The number of H-pyrrole nitrogens is 1. The molecule has 0 saturated heterocycles. The topological polar surface area (TPSA) is 70.7 Å². The molecule has 2 N–H and O–H groups in total. The third-order valence-electron chi connectivity index (χ3n) is 3.46. The molecule has 4 aromatic rings. The maximum absolute atomic E-state index is 12.2. The molecule has 0 fully saturated rings. The highest BCUT2D eigenvalue weighted by Crippen LogP contribution is 2.31. The van der Waals surface area contributed by atoms with E-state index in [2.05, 4.69) is 20.3 Å². The lowest BCUT2D eigenvalue weighted by molar-refractivity contribution is 0.102. The van der Waals surface area contributed by atoms with Gasteiger partial charge in [-0.25, -0.2) is 9.97 Å².